The van der Waals surface area contributed by atoms with E-state index in [1.165, 1.54) is 25.9 Å². The van der Waals surface area contributed by atoms with Crippen LogP contribution in [-0.4, -0.2) is 40.2 Å². The highest BCUT2D eigenvalue weighted by atomic mass is 16.5. The van der Waals surface area contributed by atoms with Crippen LogP contribution < -0.4 is 4.74 Å². The van der Waals surface area contributed by atoms with Gasteiger partial charge in [-0.05, 0) is 56.1 Å². The summed E-state index contributed by atoms with van der Waals surface area (Å²) in [6, 6.07) is 19.3. The number of hydrogen-bond donors (Lipinski definition) is 0. The van der Waals surface area contributed by atoms with Crippen LogP contribution in [0.4, 0.5) is 0 Å². The molecule has 3 aliphatic rings. The summed E-state index contributed by atoms with van der Waals surface area (Å²) in [6.45, 7) is 3.47. The van der Waals surface area contributed by atoms with Crippen LogP contribution >= 0.6 is 0 Å². The molecule has 122 valence electrons. The number of para-hydroxylation sites is 3. The molecule has 24 heavy (non-hydrogen) atoms. The van der Waals surface area contributed by atoms with E-state index in [0.29, 0.717) is 5.92 Å². The molecule has 0 saturated carbocycles. The molecule has 1 atom stereocenters. The largest absolute Gasteiger partial charge is 0.459 e. The zero-order chi connectivity index (χ0) is 15.9. The van der Waals surface area contributed by atoms with Gasteiger partial charge in [0, 0.05) is 6.54 Å². The molecule has 0 aliphatic carbocycles. The van der Waals surface area contributed by atoms with E-state index in [1.54, 1.807) is 0 Å². The third-order valence-corrected chi connectivity index (χ3v) is 5.40. The molecule has 0 spiro atoms. The summed E-state index contributed by atoms with van der Waals surface area (Å²) in [6.07, 6.45) is 2.75. The number of benzene rings is 2. The highest BCUT2D eigenvalue weighted by molar-refractivity contribution is 5.79. The highest BCUT2D eigenvalue weighted by Crippen LogP contribution is 2.33. The van der Waals surface area contributed by atoms with Crippen LogP contribution in [0, 0.1) is 5.92 Å². The van der Waals surface area contributed by atoms with E-state index in [2.05, 4.69) is 51.9 Å². The van der Waals surface area contributed by atoms with Crippen molar-refractivity contribution in [2.24, 2.45) is 5.92 Å². The van der Waals surface area contributed by atoms with Crippen molar-refractivity contribution < 1.29 is 4.74 Å². The molecule has 6 rings (SSSR count). The number of rotatable bonds is 3. The second-order valence-corrected chi connectivity index (χ2v) is 6.85. The van der Waals surface area contributed by atoms with E-state index in [9.17, 15) is 0 Å². The molecule has 3 aliphatic heterocycles. The average Bonchev–Trinajstić information content (AvgIpc) is 3.01. The van der Waals surface area contributed by atoms with Gasteiger partial charge in [0.25, 0.3) is 0 Å². The molecule has 3 aromatic rings. The number of aromatic nitrogens is 2. The highest BCUT2D eigenvalue weighted by Gasteiger charge is 2.36. The molecule has 1 aromatic heterocycles. The molecule has 4 nitrogen and oxygen atoms in total. The smallest absolute Gasteiger partial charge is 0.302 e. The van der Waals surface area contributed by atoms with Gasteiger partial charge in [0.05, 0.1) is 16.7 Å². The molecular weight excluding hydrogens is 298 g/mol. The van der Waals surface area contributed by atoms with E-state index >= 15 is 0 Å². The molecule has 2 bridgehead atoms. The van der Waals surface area contributed by atoms with Gasteiger partial charge in [-0.25, -0.2) is 0 Å². The number of imidazole rings is 1. The monoisotopic (exact) mass is 319 g/mol. The summed E-state index contributed by atoms with van der Waals surface area (Å²) in [5, 5.41) is 0. The predicted molar refractivity (Wildman–Crippen MR) is 94.7 cm³/mol. The lowest BCUT2D eigenvalue weighted by Gasteiger charge is -2.44. The van der Waals surface area contributed by atoms with Crippen molar-refractivity contribution in [2.45, 2.75) is 18.9 Å². The van der Waals surface area contributed by atoms with Gasteiger partial charge in [-0.15, -0.1) is 0 Å². The van der Waals surface area contributed by atoms with Crippen molar-refractivity contribution in [2.75, 3.05) is 19.6 Å². The Bertz CT molecular complexity index is 850. The third-order valence-electron chi connectivity index (χ3n) is 5.40. The molecule has 3 fully saturated rings. The van der Waals surface area contributed by atoms with Crippen molar-refractivity contribution >= 4 is 11.0 Å². The van der Waals surface area contributed by atoms with Crippen molar-refractivity contribution in [3.05, 3.63) is 54.6 Å². The minimum Gasteiger partial charge on any atom is -0.459 e. The lowest BCUT2D eigenvalue weighted by molar-refractivity contribution is -0.0128. The maximum absolute atomic E-state index is 6.47. The standard InChI is InChI=1S/C20H21N3O/c1-2-6-16(7-3-1)23-18-9-5-4-8-17(18)21-20(23)24-19-14-22-12-10-15(19)11-13-22/h1-9,15,19H,10-14H2/t19-/m0/s1. The Kier molecular flexibility index (Phi) is 3.30. The van der Waals surface area contributed by atoms with Gasteiger partial charge in [0.1, 0.15) is 6.10 Å². The molecule has 2 aromatic carbocycles. The molecule has 3 saturated heterocycles. The Morgan fingerprint density at radius 3 is 2.42 bits per heavy atom. The Morgan fingerprint density at radius 2 is 1.67 bits per heavy atom. The topological polar surface area (TPSA) is 30.3 Å². The number of nitrogens with zero attached hydrogens (tertiary/aromatic N) is 3. The first-order valence-electron chi connectivity index (χ1n) is 8.80. The van der Waals surface area contributed by atoms with Crippen LogP contribution in [0.1, 0.15) is 12.8 Å². The van der Waals surface area contributed by atoms with E-state index in [0.717, 1.165) is 29.3 Å². The summed E-state index contributed by atoms with van der Waals surface area (Å²) in [4.78, 5) is 7.30. The Hall–Kier alpha value is -2.33. The van der Waals surface area contributed by atoms with Crippen molar-refractivity contribution in [3.8, 4) is 11.7 Å². The van der Waals surface area contributed by atoms with Crippen LogP contribution in [0.2, 0.25) is 0 Å². The summed E-state index contributed by atoms with van der Waals surface area (Å²) < 4.78 is 8.62. The quantitative estimate of drug-likeness (QED) is 0.740. The number of piperidine rings is 3. The fourth-order valence-corrected chi connectivity index (χ4v) is 4.09. The van der Waals surface area contributed by atoms with Gasteiger partial charge in [-0.1, -0.05) is 30.3 Å². The van der Waals surface area contributed by atoms with E-state index in [1.807, 2.05) is 12.1 Å². The Labute approximate surface area is 141 Å². The van der Waals surface area contributed by atoms with Crippen molar-refractivity contribution in [1.29, 1.82) is 0 Å². The molecule has 4 heteroatoms. The summed E-state index contributed by atoms with van der Waals surface area (Å²) in [5.41, 5.74) is 3.18. The van der Waals surface area contributed by atoms with Crippen molar-refractivity contribution in [1.82, 2.24) is 14.5 Å². The molecule has 4 heterocycles. The van der Waals surface area contributed by atoms with Crippen LogP contribution in [0.15, 0.2) is 54.6 Å². The van der Waals surface area contributed by atoms with Gasteiger partial charge in [0.15, 0.2) is 0 Å². The van der Waals surface area contributed by atoms with Crippen LogP contribution in [-0.2, 0) is 0 Å². The average molecular weight is 319 g/mol. The summed E-state index contributed by atoms with van der Waals surface area (Å²) >= 11 is 0. The first-order chi connectivity index (χ1) is 11.9. The first kappa shape index (κ1) is 14.1. The number of ether oxygens (including phenoxy) is 1. The van der Waals surface area contributed by atoms with E-state index in [4.69, 9.17) is 9.72 Å². The fourth-order valence-electron chi connectivity index (χ4n) is 4.09. The second-order valence-electron chi connectivity index (χ2n) is 6.85. The predicted octanol–water partition coefficient (Wildman–Crippen LogP) is 3.50. The zero-order valence-corrected chi connectivity index (χ0v) is 13.6. The van der Waals surface area contributed by atoms with Crippen LogP contribution in [0.5, 0.6) is 6.01 Å². The normalized spacial score (nSPS) is 25.9. The number of hydrogen-bond acceptors (Lipinski definition) is 3. The van der Waals surface area contributed by atoms with Crippen LogP contribution in [0.25, 0.3) is 16.7 Å². The summed E-state index contributed by atoms with van der Waals surface area (Å²) in [7, 11) is 0. The van der Waals surface area contributed by atoms with E-state index < -0.39 is 0 Å². The SMILES string of the molecule is c1ccc(-n2c(O[C@H]3CN4CCC3CC4)nc3ccccc32)cc1. The van der Waals surface area contributed by atoms with E-state index in [-0.39, 0.29) is 6.10 Å². The molecular formula is C20H21N3O. The van der Waals surface area contributed by atoms with Gasteiger partial charge in [0.2, 0.25) is 0 Å². The minimum atomic E-state index is 0.256. The van der Waals surface area contributed by atoms with Crippen molar-refractivity contribution in [3.63, 3.8) is 0 Å². The molecule has 0 amide bonds. The fraction of sp³-hybridized carbons (Fsp3) is 0.350. The molecule has 0 radical (unpaired) electrons. The minimum absolute atomic E-state index is 0.256. The van der Waals surface area contributed by atoms with Crippen LogP contribution in [0.3, 0.4) is 0 Å². The Balaban J connectivity index is 1.58. The van der Waals surface area contributed by atoms with Gasteiger partial charge in [-0.3, -0.25) is 9.47 Å². The van der Waals surface area contributed by atoms with Gasteiger partial charge < -0.3 is 4.74 Å². The lowest BCUT2D eigenvalue weighted by atomic mass is 9.86. The molecule has 0 unspecified atom stereocenters. The maximum Gasteiger partial charge on any atom is 0.302 e. The lowest BCUT2D eigenvalue weighted by Crippen LogP contribution is -2.52. The molecule has 0 N–H and O–H groups in total. The van der Waals surface area contributed by atoms with Gasteiger partial charge in [-0.2, -0.15) is 4.98 Å². The Morgan fingerprint density at radius 1 is 0.917 bits per heavy atom. The number of fused-ring (bicyclic) bond motifs is 4. The second kappa shape index (κ2) is 5.64. The zero-order valence-electron chi connectivity index (χ0n) is 13.6. The van der Waals surface area contributed by atoms with Gasteiger partial charge >= 0.3 is 6.01 Å². The first-order valence-corrected chi connectivity index (χ1v) is 8.80. The summed E-state index contributed by atoms with van der Waals surface area (Å²) in [5.74, 6) is 0.666. The third kappa shape index (κ3) is 2.29. The maximum atomic E-state index is 6.47.